The van der Waals surface area contributed by atoms with Crippen LogP contribution in [0.5, 0.6) is 0 Å². The van der Waals surface area contributed by atoms with Gasteiger partial charge >= 0.3 is 21.6 Å². The molecule has 2 rings (SSSR count). The number of rotatable bonds is 4. The lowest BCUT2D eigenvalue weighted by atomic mass is 10.2. The molecule has 11 heteroatoms. The van der Waals surface area contributed by atoms with Crippen LogP contribution < -0.4 is 0 Å². The van der Waals surface area contributed by atoms with Gasteiger partial charge in [0.25, 0.3) is 0 Å². The highest BCUT2D eigenvalue weighted by molar-refractivity contribution is 7.86. The number of carbonyl (C=O) groups is 1. The van der Waals surface area contributed by atoms with E-state index in [0.29, 0.717) is 6.67 Å². The molecule has 0 spiro atoms. The predicted octanol–water partition coefficient (Wildman–Crippen LogP) is 1.71. The molecule has 7 nitrogen and oxygen atoms in total. The van der Waals surface area contributed by atoms with Crippen molar-refractivity contribution < 1.29 is 36.0 Å². The normalized spacial score (nSPS) is 14.3. The van der Waals surface area contributed by atoms with E-state index in [-0.39, 0.29) is 6.54 Å². The molecule has 1 aromatic rings. The number of carboxylic acids is 1. The van der Waals surface area contributed by atoms with Gasteiger partial charge in [-0.25, -0.2) is 0 Å². The molecule has 1 aliphatic rings. The number of nitrogens with zero attached hydrogens (tertiary/aromatic N) is 2. The van der Waals surface area contributed by atoms with Crippen LogP contribution in [0.4, 0.5) is 13.2 Å². The van der Waals surface area contributed by atoms with Crippen molar-refractivity contribution in [2.75, 3.05) is 13.2 Å². The van der Waals surface area contributed by atoms with E-state index >= 15 is 0 Å². The van der Waals surface area contributed by atoms with Crippen molar-refractivity contribution in [2.45, 2.75) is 12.1 Å². The molecule has 0 fully saturated rings. The maximum atomic E-state index is 10.7. The predicted molar refractivity (Wildman–Crippen MR) is 77.9 cm³/mol. The molecule has 0 saturated carbocycles. The third kappa shape index (κ3) is 6.87. The van der Waals surface area contributed by atoms with Crippen molar-refractivity contribution in [1.82, 2.24) is 9.80 Å². The lowest BCUT2D eigenvalue weighted by molar-refractivity contribution is -0.137. The maximum Gasteiger partial charge on any atom is 0.522 e. The van der Waals surface area contributed by atoms with Crippen LogP contribution in [0.2, 0.25) is 0 Å². The summed E-state index contributed by atoms with van der Waals surface area (Å²) in [6.07, 6.45) is 3.74. The van der Waals surface area contributed by atoms with Crippen molar-refractivity contribution in [1.29, 1.82) is 0 Å². The SMILES string of the molecule is O=C(O)CN1C=CN(Cc2ccccc2)C1.O=S(=O)(O)C(F)(F)F. The second kappa shape index (κ2) is 8.02. The Morgan fingerprint density at radius 2 is 1.62 bits per heavy atom. The van der Waals surface area contributed by atoms with Gasteiger partial charge in [0.2, 0.25) is 0 Å². The molecule has 24 heavy (non-hydrogen) atoms. The molecule has 0 aliphatic carbocycles. The fourth-order valence-corrected chi connectivity index (χ4v) is 1.71. The summed E-state index contributed by atoms with van der Waals surface area (Å²) in [5.74, 6) is -0.800. The summed E-state index contributed by atoms with van der Waals surface area (Å²) in [6, 6.07) is 10.1. The molecule has 2 N–H and O–H groups in total. The van der Waals surface area contributed by atoms with E-state index in [0.717, 1.165) is 6.54 Å². The minimum atomic E-state index is -5.84. The number of hydrogen-bond acceptors (Lipinski definition) is 5. The summed E-state index contributed by atoms with van der Waals surface area (Å²) in [4.78, 5) is 14.4. The Morgan fingerprint density at radius 1 is 1.12 bits per heavy atom. The first-order chi connectivity index (χ1) is 11.0. The summed E-state index contributed by atoms with van der Waals surface area (Å²) in [5, 5.41) is 8.66. The Labute approximate surface area is 136 Å². The van der Waals surface area contributed by atoms with E-state index in [2.05, 4.69) is 17.0 Å². The van der Waals surface area contributed by atoms with E-state index in [4.69, 9.17) is 18.1 Å². The van der Waals surface area contributed by atoms with Gasteiger partial charge in [0.15, 0.2) is 0 Å². The first-order valence-corrected chi connectivity index (χ1v) is 7.89. The Balaban J connectivity index is 0.000000307. The topological polar surface area (TPSA) is 98.2 Å². The van der Waals surface area contributed by atoms with Gasteiger partial charge in [-0.2, -0.15) is 21.6 Å². The molecule has 0 radical (unpaired) electrons. The molecule has 0 bridgehead atoms. The molecule has 0 aromatic heterocycles. The minimum absolute atomic E-state index is 0.0573. The molecular weight excluding hydrogens is 353 g/mol. The fourth-order valence-electron chi connectivity index (χ4n) is 1.71. The fraction of sp³-hybridized carbons (Fsp3) is 0.308. The van der Waals surface area contributed by atoms with Gasteiger partial charge in [-0.05, 0) is 5.56 Å². The van der Waals surface area contributed by atoms with Crippen molar-refractivity contribution in [3.8, 4) is 0 Å². The summed E-state index contributed by atoms with van der Waals surface area (Å²) in [7, 11) is -5.84. The molecule has 0 unspecified atom stereocenters. The van der Waals surface area contributed by atoms with Gasteiger partial charge in [-0.15, -0.1) is 0 Å². The second-order valence-corrected chi connectivity index (χ2v) is 6.15. The zero-order valence-electron chi connectivity index (χ0n) is 12.2. The molecular formula is C13H15F3N2O5S. The van der Waals surface area contributed by atoms with E-state index < -0.39 is 21.6 Å². The highest BCUT2D eigenvalue weighted by Gasteiger charge is 2.44. The first-order valence-electron chi connectivity index (χ1n) is 6.45. The minimum Gasteiger partial charge on any atom is -0.480 e. The van der Waals surface area contributed by atoms with E-state index in [1.165, 1.54) is 5.56 Å². The Bertz CT molecular complexity index is 677. The maximum absolute atomic E-state index is 10.7. The highest BCUT2D eigenvalue weighted by atomic mass is 32.2. The number of halogens is 3. The largest absolute Gasteiger partial charge is 0.522 e. The smallest absolute Gasteiger partial charge is 0.480 e. The second-order valence-electron chi connectivity index (χ2n) is 4.73. The highest BCUT2D eigenvalue weighted by Crippen LogP contribution is 2.20. The molecule has 134 valence electrons. The zero-order valence-corrected chi connectivity index (χ0v) is 13.0. The average molecular weight is 368 g/mol. The van der Waals surface area contributed by atoms with Crippen molar-refractivity contribution in [3.05, 3.63) is 48.3 Å². The van der Waals surface area contributed by atoms with Crippen LogP contribution >= 0.6 is 0 Å². The molecule has 1 aliphatic heterocycles. The van der Waals surface area contributed by atoms with Crippen LogP contribution in [0, 0.1) is 0 Å². The number of benzene rings is 1. The molecule has 1 aromatic carbocycles. The van der Waals surface area contributed by atoms with Gasteiger partial charge in [0.05, 0.1) is 6.67 Å². The molecule has 0 atom stereocenters. The zero-order chi connectivity index (χ0) is 18.4. The number of carboxylic acid groups (broad SMARTS) is 1. The third-order valence-corrected chi connectivity index (χ3v) is 3.30. The lowest BCUT2D eigenvalue weighted by Crippen LogP contribution is -2.29. The van der Waals surface area contributed by atoms with E-state index in [9.17, 15) is 18.0 Å². The van der Waals surface area contributed by atoms with E-state index in [1.807, 2.05) is 30.6 Å². The van der Waals surface area contributed by atoms with Crippen LogP contribution in [0.15, 0.2) is 42.7 Å². The number of aliphatic carboxylic acids is 1. The molecule has 0 amide bonds. The standard InChI is InChI=1S/C12H14N2O2.CHF3O3S/c15-12(16)9-14-7-6-13(10-14)8-11-4-2-1-3-5-11;2-1(3,4)8(5,6)7/h1-7H,8-10H2,(H,15,16);(H,5,6,7). The molecule has 0 saturated heterocycles. The monoisotopic (exact) mass is 368 g/mol. The average Bonchev–Trinajstić information content (AvgIpc) is 2.84. The summed E-state index contributed by atoms with van der Waals surface area (Å²) in [5.41, 5.74) is -4.31. The van der Waals surface area contributed by atoms with Crippen LogP contribution in [0.3, 0.4) is 0 Å². The van der Waals surface area contributed by atoms with Crippen LogP contribution in [-0.2, 0) is 21.5 Å². The van der Waals surface area contributed by atoms with Gasteiger partial charge < -0.3 is 14.9 Å². The first kappa shape index (κ1) is 19.8. The van der Waals surface area contributed by atoms with Crippen LogP contribution in [-0.4, -0.2) is 52.6 Å². The van der Waals surface area contributed by atoms with Gasteiger partial charge in [-0.1, -0.05) is 30.3 Å². The van der Waals surface area contributed by atoms with Gasteiger partial charge in [0.1, 0.15) is 6.54 Å². The van der Waals surface area contributed by atoms with Gasteiger partial charge in [-0.3, -0.25) is 9.35 Å². The quantitative estimate of drug-likeness (QED) is 0.617. The van der Waals surface area contributed by atoms with Crippen molar-refractivity contribution in [3.63, 3.8) is 0 Å². The Kier molecular flexibility index (Phi) is 6.60. The van der Waals surface area contributed by atoms with Gasteiger partial charge in [0, 0.05) is 18.9 Å². The third-order valence-electron chi connectivity index (χ3n) is 2.71. The molecule has 1 heterocycles. The lowest BCUT2D eigenvalue weighted by Gasteiger charge is -2.19. The Hall–Kier alpha value is -2.27. The van der Waals surface area contributed by atoms with Crippen molar-refractivity contribution in [2.24, 2.45) is 0 Å². The van der Waals surface area contributed by atoms with Crippen LogP contribution in [0.1, 0.15) is 5.56 Å². The summed E-state index contributed by atoms with van der Waals surface area (Å²) < 4.78 is 57.5. The van der Waals surface area contributed by atoms with Crippen LogP contribution in [0.25, 0.3) is 0 Å². The summed E-state index contributed by atoms with van der Waals surface area (Å²) >= 11 is 0. The summed E-state index contributed by atoms with van der Waals surface area (Å²) in [6.45, 7) is 1.51. The number of alkyl halides is 3. The van der Waals surface area contributed by atoms with E-state index in [1.54, 1.807) is 4.90 Å². The Morgan fingerprint density at radius 3 is 2.08 bits per heavy atom. The number of hydrogen-bond donors (Lipinski definition) is 2. The van der Waals surface area contributed by atoms with Crippen molar-refractivity contribution >= 4 is 16.1 Å².